The maximum atomic E-state index is 12.6. The number of methoxy groups -OCH3 is 1. The van der Waals surface area contributed by atoms with Crippen LogP contribution in [0.4, 0.5) is 5.69 Å². The van der Waals surface area contributed by atoms with Crippen LogP contribution in [0.25, 0.3) is 0 Å². The largest absolute Gasteiger partial charge is 0.468 e. The topological polar surface area (TPSA) is 64.6 Å². The third-order valence-electron chi connectivity index (χ3n) is 4.39. The Morgan fingerprint density at radius 2 is 2.04 bits per heavy atom. The first kappa shape index (κ1) is 17.2. The van der Waals surface area contributed by atoms with E-state index in [2.05, 4.69) is 11.9 Å². The third-order valence-corrected chi connectivity index (χ3v) is 4.39. The number of esters is 1. The second kappa shape index (κ2) is 6.96. The fraction of sp³-hybridized carbons (Fsp3) is 0.444. The van der Waals surface area contributed by atoms with Crippen LogP contribution in [-0.4, -0.2) is 37.6 Å². The Morgan fingerprint density at radius 1 is 1.39 bits per heavy atom. The van der Waals surface area contributed by atoms with Gasteiger partial charge in [-0.25, -0.2) is 0 Å². The molecule has 1 saturated heterocycles. The number of rotatable bonds is 5. The summed E-state index contributed by atoms with van der Waals surface area (Å²) in [7, 11) is 1.28. The van der Waals surface area contributed by atoms with Gasteiger partial charge in [-0.1, -0.05) is 24.8 Å². The Morgan fingerprint density at radius 3 is 2.65 bits per heavy atom. The number of benzene rings is 1. The first-order valence-electron chi connectivity index (χ1n) is 7.67. The fourth-order valence-corrected chi connectivity index (χ4v) is 2.83. The molecule has 0 amide bonds. The lowest BCUT2D eigenvalue weighted by Gasteiger charge is -2.41. The van der Waals surface area contributed by atoms with Gasteiger partial charge in [0.25, 0.3) is 0 Å². The average Bonchev–Trinajstić information content (AvgIpc) is 2.57. The number of carbonyl (C=O) groups excluding carboxylic acids is 2. The van der Waals surface area contributed by atoms with E-state index in [0.29, 0.717) is 18.5 Å². The smallest absolute Gasteiger partial charge is 0.322 e. The van der Waals surface area contributed by atoms with Gasteiger partial charge >= 0.3 is 5.97 Å². The molecule has 0 bridgehead atoms. The summed E-state index contributed by atoms with van der Waals surface area (Å²) in [4.78, 5) is 24.8. The van der Waals surface area contributed by atoms with Crippen LogP contribution in [0.15, 0.2) is 42.5 Å². The van der Waals surface area contributed by atoms with Gasteiger partial charge < -0.3 is 14.8 Å². The zero-order valence-corrected chi connectivity index (χ0v) is 13.8. The molecule has 0 radical (unpaired) electrons. The summed E-state index contributed by atoms with van der Waals surface area (Å²) in [5.41, 5.74) is -0.0616. The highest BCUT2D eigenvalue weighted by Crippen LogP contribution is 2.38. The van der Waals surface area contributed by atoms with Gasteiger partial charge in [-0.05, 0) is 32.4 Å². The SMILES string of the molecule is C=C1C(=O)[C@](C)(C(=O)OC)[C@@H](CCNc2ccccc2)O[C@H]1C. The van der Waals surface area contributed by atoms with Crippen molar-refractivity contribution in [3.05, 3.63) is 42.5 Å². The molecule has 0 unspecified atom stereocenters. The highest BCUT2D eigenvalue weighted by atomic mass is 16.5. The normalized spacial score (nSPS) is 27.6. The lowest BCUT2D eigenvalue weighted by Crippen LogP contribution is -2.55. The van der Waals surface area contributed by atoms with Crippen molar-refractivity contribution in [2.45, 2.75) is 32.5 Å². The van der Waals surface area contributed by atoms with Crippen LogP contribution in [0.5, 0.6) is 0 Å². The summed E-state index contributed by atoms with van der Waals surface area (Å²) in [6, 6.07) is 9.73. The lowest BCUT2D eigenvalue weighted by atomic mass is 9.73. The Bertz CT molecular complexity index is 598. The number of Topliss-reactive ketones (excluding diaryl/α,β-unsaturated/α-hetero) is 1. The number of ether oxygens (including phenoxy) is 2. The molecule has 1 heterocycles. The molecule has 2 rings (SSSR count). The van der Waals surface area contributed by atoms with Gasteiger partial charge in [-0.15, -0.1) is 0 Å². The minimum absolute atomic E-state index is 0.298. The molecular formula is C18H23NO4. The summed E-state index contributed by atoms with van der Waals surface area (Å²) in [5, 5.41) is 3.26. The van der Waals surface area contributed by atoms with Crippen molar-refractivity contribution in [3.63, 3.8) is 0 Å². The average molecular weight is 317 g/mol. The monoisotopic (exact) mass is 317 g/mol. The summed E-state index contributed by atoms with van der Waals surface area (Å²) < 4.78 is 10.7. The Kier molecular flexibility index (Phi) is 5.21. The van der Waals surface area contributed by atoms with Gasteiger partial charge in [0, 0.05) is 17.8 Å². The molecule has 23 heavy (non-hydrogen) atoms. The molecule has 1 aliphatic heterocycles. The van der Waals surface area contributed by atoms with Crippen molar-refractivity contribution >= 4 is 17.4 Å². The Balaban J connectivity index is 2.11. The molecule has 0 spiro atoms. The maximum absolute atomic E-state index is 12.6. The van der Waals surface area contributed by atoms with Crippen LogP contribution in [0.2, 0.25) is 0 Å². The summed E-state index contributed by atoms with van der Waals surface area (Å²) in [6.45, 7) is 7.68. The number of carbonyl (C=O) groups is 2. The summed E-state index contributed by atoms with van der Waals surface area (Å²) in [5.74, 6) is -0.881. The molecule has 1 aromatic rings. The molecule has 5 nitrogen and oxygen atoms in total. The van der Waals surface area contributed by atoms with E-state index >= 15 is 0 Å². The van der Waals surface area contributed by atoms with Crippen molar-refractivity contribution in [1.29, 1.82) is 0 Å². The molecule has 3 atom stereocenters. The standard InChI is InChI=1S/C18H23NO4/c1-12-13(2)23-15(18(3,16(12)20)17(21)22-4)10-11-19-14-8-6-5-7-9-14/h5-9,13,15,19H,1,10-11H2,2-4H3/t13-,15+,18+/m0/s1. The number of anilines is 1. The molecule has 0 aromatic heterocycles. The van der Waals surface area contributed by atoms with Gasteiger partial charge in [0.15, 0.2) is 11.2 Å². The van der Waals surface area contributed by atoms with Crippen LogP contribution in [-0.2, 0) is 19.1 Å². The van der Waals surface area contributed by atoms with Gasteiger partial charge in [0.2, 0.25) is 0 Å². The van der Waals surface area contributed by atoms with Gasteiger partial charge in [-0.3, -0.25) is 9.59 Å². The van der Waals surface area contributed by atoms with Crippen LogP contribution in [0.3, 0.4) is 0 Å². The fourth-order valence-electron chi connectivity index (χ4n) is 2.83. The van der Waals surface area contributed by atoms with E-state index in [0.717, 1.165) is 5.69 Å². The molecule has 1 N–H and O–H groups in total. The first-order chi connectivity index (χ1) is 10.9. The molecule has 1 aliphatic rings. The molecule has 1 aromatic carbocycles. The number of para-hydroxylation sites is 1. The summed E-state index contributed by atoms with van der Waals surface area (Å²) >= 11 is 0. The third kappa shape index (κ3) is 3.29. The van der Waals surface area contributed by atoms with Crippen LogP contribution in [0.1, 0.15) is 20.3 Å². The van der Waals surface area contributed by atoms with Crippen LogP contribution >= 0.6 is 0 Å². The predicted octanol–water partition coefficient (Wildman–Crippen LogP) is 2.58. The van der Waals surface area contributed by atoms with Crippen molar-refractivity contribution in [2.75, 3.05) is 19.0 Å². The van der Waals surface area contributed by atoms with E-state index < -0.39 is 23.6 Å². The zero-order chi connectivity index (χ0) is 17.0. The van der Waals surface area contributed by atoms with Gasteiger partial charge in [-0.2, -0.15) is 0 Å². The van der Waals surface area contributed by atoms with Crippen molar-refractivity contribution in [2.24, 2.45) is 5.41 Å². The number of ketones is 1. The van der Waals surface area contributed by atoms with Crippen molar-refractivity contribution in [3.8, 4) is 0 Å². The van der Waals surface area contributed by atoms with Crippen molar-refractivity contribution in [1.82, 2.24) is 0 Å². The number of hydrogen-bond acceptors (Lipinski definition) is 5. The second-order valence-corrected chi connectivity index (χ2v) is 5.90. The minimum atomic E-state index is -1.35. The van der Waals surface area contributed by atoms with Crippen LogP contribution < -0.4 is 5.32 Å². The molecule has 0 saturated carbocycles. The molecule has 5 heteroatoms. The number of nitrogens with one attached hydrogen (secondary N) is 1. The second-order valence-electron chi connectivity index (χ2n) is 5.90. The summed E-state index contributed by atoms with van der Waals surface area (Å²) in [6.07, 6.45) is -0.453. The van der Waals surface area contributed by atoms with Gasteiger partial charge in [0.05, 0.1) is 19.3 Å². The quantitative estimate of drug-likeness (QED) is 0.514. The Labute approximate surface area is 136 Å². The molecule has 1 fully saturated rings. The highest BCUT2D eigenvalue weighted by molar-refractivity contribution is 6.13. The molecule has 0 aliphatic carbocycles. The van der Waals surface area contributed by atoms with E-state index in [9.17, 15) is 9.59 Å². The van der Waals surface area contributed by atoms with Crippen molar-refractivity contribution < 1.29 is 19.1 Å². The number of hydrogen-bond donors (Lipinski definition) is 1. The van der Waals surface area contributed by atoms with E-state index in [1.165, 1.54) is 7.11 Å². The Hall–Kier alpha value is -2.14. The highest BCUT2D eigenvalue weighted by Gasteiger charge is 2.54. The van der Waals surface area contributed by atoms with Gasteiger partial charge in [0.1, 0.15) is 0 Å². The van der Waals surface area contributed by atoms with E-state index in [-0.39, 0.29) is 5.78 Å². The molecular weight excluding hydrogens is 294 g/mol. The first-order valence-corrected chi connectivity index (χ1v) is 7.67. The van der Waals surface area contributed by atoms with Crippen LogP contribution in [0, 0.1) is 5.41 Å². The zero-order valence-electron chi connectivity index (χ0n) is 13.8. The maximum Gasteiger partial charge on any atom is 0.322 e. The van der Waals surface area contributed by atoms with E-state index in [4.69, 9.17) is 9.47 Å². The molecule has 124 valence electrons. The van der Waals surface area contributed by atoms with E-state index in [1.54, 1.807) is 13.8 Å². The minimum Gasteiger partial charge on any atom is -0.468 e. The van der Waals surface area contributed by atoms with E-state index in [1.807, 2.05) is 30.3 Å². The lowest BCUT2D eigenvalue weighted by molar-refractivity contribution is -0.174. The predicted molar refractivity (Wildman–Crippen MR) is 88.2 cm³/mol.